The van der Waals surface area contributed by atoms with E-state index in [1.165, 1.54) is 7.11 Å². The molecule has 0 atom stereocenters. The van der Waals surface area contributed by atoms with E-state index in [1.807, 2.05) is 6.07 Å². The van der Waals surface area contributed by atoms with Crippen LogP contribution in [0.25, 0.3) is 0 Å². The molecule has 0 aliphatic carbocycles. The monoisotopic (exact) mass is 372 g/mol. The van der Waals surface area contributed by atoms with E-state index >= 15 is 0 Å². The van der Waals surface area contributed by atoms with Crippen LogP contribution in [0.1, 0.15) is 23.3 Å². The Hall–Kier alpha value is -2.80. The minimum atomic E-state index is -0.429. The molecule has 1 fully saturated rings. The summed E-state index contributed by atoms with van der Waals surface area (Å²) in [5.74, 6) is 0.396. The molecule has 1 aromatic carbocycles. The molecule has 7 heteroatoms. The van der Waals surface area contributed by atoms with E-state index in [0.717, 1.165) is 31.6 Å². The van der Waals surface area contributed by atoms with Crippen molar-refractivity contribution in [3.8, 4) is 11.5 Å². The molecule has 1 N–H and O–H groups in total. The van der Waals surface area contributed by atoms with Crippen molar-refractivity contribution in [3.05, 3.63) is 48.3 Å². The van der Waals surface area contributed by atoms with Gasteiger partial charge in [0.25, 0.3) is 0 Å². The van der Waals surface area contributed by atoms with E-state index in [2.05, 4.69) is 14.6 Å². The normalized spacial score (nSPS) is 14.8. The molecule has 1 aliphatic rings. The summed E-state index contributed by atoms with van der Waals surface area (Å²) in [6, 6.07) is 10.3. The molecule has 1 aromatic heterocycles. The summed E-state index contributed by atoms with van der Waals surface area (Å²) in [6.07, 6.45) is 3.75. The molecule has 144 valence electrons. The van der Waals surface area contributed by atoms with Gasteiger partial charge in [-0.3, -0.25) is 0 Å². The molecule has 27 heavy (non-hydrogen) atoms. The third-order valence-electron chi connectivity index (χ3n) is 4.47. The Morgan fingerprint density at radius 2 is 2.04 bits per heavy atom. The number of hydrogen-bond donors (Lipinski definition) is 1. The molecule has 1 saturated heterocycles. The lowest BCUT2D eigenvalue weighted by atomic mass is 10.1. The fourth-order valence-corrected chi connectivity index (χ4v) is 3.03. The maximum absolute atomic E-state index is 11.4. The second kappa shape index (κ2) is 9.23. The van der Waals surface area contributed by atoms with Gasteiger partial charge in [-0.1, -0.05) is 6.07 Å². The number of aromatic hydroxyl groups is 1. The van der Waals surface area contributed by atoms with E-state index < -0.39 is 5.97 Å². The Morgan fingerprint density at radius 1 is 1.22 bits per heavy atom. The Labute approximate surface area is 158 Å². The Kier molecular flexibility index (Phi) is 6.49. The van der Waals surface area contributed by atoms with Crippen molar-refractivity contribution in [2.45, 2.75) is 18.9 Å². The van der Waals surface area contributed by atoms with Crippen LogP contribution in [0.15, 0.2) is 42.6 Å². The van der Waals surface area contributed by atoms with Crippen LogP contribution in [-0.2, 0) is 9.47 Å². The van der Waals surface area contributed by atoms with Crippen LogP contribution in [0.2, 0.25) is 0 Å². The van der Waals surface area contributed by atoms with Gasteiger partial charge in [-0.2, -0.15) is 0 Å². The van der Waals surface area contributed by atoms with Gasteiger partial charge in [0, 0.05) is 19.2 Å². The molecular formula is C20H24N2O5. The minimum absolute atomic E-state index is 0.190. The second-order valence-electron chi connectivity index (χ2n) is 6.30. The number of benzene rings is 1. The molecule has 0 amide bonds. The van der Waals surface area contributed by atoms with Crippen LogP contribution in [0.4, 0.5) is 5.69 Å². The lowest BCUT2D eigenvalue weighted by Gasteiger charge is -2.33. The highest BCUT2D eigenvalue weighted by molar-refractivity contribution is 5.87. The largest absolute Gasteiger partial charge is 0.508 e. The zero-order valence-corrected chi connectivity index (χ0v) is 15.3. The lowest BCUT2D eigenvalue weighted by molar-refractivity contribution is 0.0202. The maximum atomic E-state index is 11.4. The number of pyridine rings is 1. The number of aromatic nitrogens is 1. The quantitative estimate of drug-likeness (QED) is 0.591. The predicted octanol–water partition coefficient (Wildman–Crippen LogP) is 2.64. The van der Waals surface area contributed by atoms with Gasteiger partial charge in [0.2, 0.25) is 0 Å². The number of phenols is 1. The Balaban J connectivity index is 1.38. The SMILES string of the molecule is COC(=O)c1ccc(N2CCC(OCCOc3cccc(O)c3)CC2)cn1. The molecule has 0 unspecified atom stereocenters. The number of hydrogen-bond acceptors (Lipinski definition) is 7. The smallest absolute Gasteiger partial charge is 0.356 e. The summed E-state index contributed by atoms with van der Waals surface area (Å²) in [5, 5.41) is 9.40. The summed E-state index contributed by atoms with van der Waals surface area (Å²) >= 11 is 0. The lowest BCUT2D eigenvalue weighted by Crippen LogP contribution is -2.37. The number of rotatable bonds is 7. The Bertz CT molecular complexity index is 742. The number of piperidine rings is 1. The van der Waals surface area contributed by atoms with E-state index in [4.69, 9.17) is 9.47 Å². The summed E-state index contributed by atoms with van der Waals surface area (Å²) in [7, 11) is 1.34. The zero-order chi connectivity index (χ0) is 19.1. The molecule has 3 rings (SSSR count). The van der Waals surface area contributed by atoms with E-state index in [1.54, 1.807) is 36.5 Å². The van der Waals surface area contributed by atoms with Gasteiger partial charge in [0.1, 0.15) is 23.8 Å². The van der Waals surface area contributed by atoms with Crippen molar-refractivity contribution in [3.63, 3.8) is 0 Å². The molecule has 0 bridgehead atoms. The van der Waals surface area contributed by atoms with Crippen LogP contribution in [-0.4, -0.2) is 55.6 Å². The average Bonchev–Trinajstić information content (AvgIpc) is 2.71. The van der Waals surface area contributed by atoms with Crippen molar-refractivity contribution in [2.75, 3.05) is 38.3 Å². The van der Waals surface area contributed by atoms with Crippen LogP contribution in [0, 0.1) is 0 Å². The van der Waals surface area contributed by atoms with Gasteiger partial charge in [-0.25, -0.2) is 9.78 Å². The fourth-order valence-electron chi connectivity index (χ4n) is 3.03. The van der Waals surface area contributed by atoms with E-state index in [-0.39, 0.29) is 11.9 Å². The molecule has 0 saturated carbocycles. The number of nitrogens with zero attached hydrogens (tertiary/aromatic N) is 2. The number of phenolic OH excluding ortho intramolecular Hbond substituents is 1. The number of esters is 1. The highest BCUT2D eigenvalue weighted by Gasteiger charge is 2.20. The molecule has 0 spiro atoms. The topological polar surface area (TPSA) is 81.1 Å². The summed E-state index contributed by atoms with van der Waals surface area (Å²) < 4.78 is 16.1. The predicted molar refractivity (Wildman–Crippen MR) is 100 cm³/mol. The van der Waals surface area contributed by atoms with Crippen LogP contribution in [0.5, 0.6) is 11.5 Å². The van der Waals surface area contributed by atoms with Gasteiger partial charge < -0.3 is 24.2 Å². The summed E-state index contributed by atoms with van der Waals surface area (Å²) in [6.45, 7) is 2.70. The summed E-state index contributed by atoms with van der Waals surface area (Å²) in [4.78, 5) is 17.8. The van der Waals surface area contributed by atoms with Gasteiger partial charge in [0.05, 0.1) is 31.7 Å². The van der Waals surface area contributed by atoms with Gasteiger partial charge >= 0.3 is 5.97 Å². The second-order valence-corrected chi connectivity index (χ2v) is 6.30. The minimum Gasteiger partial charge on any atom is -0.508 e. The molecule has 2 heterocycles. The van der Waals surface area contributed by atoms with Crippen molar-refractivity contribution in [1.29, 1.82) is 0 Å². The summed E-state index contributed by atoms with van der Waals surface area (Å²) in [5.41, 5.74) is 1.31. The first-order valence-corrected chi connectivity index (χ1v) is 8.98. The molecule has 1 aliphatic heterocycles. The highest BCUT2D eigenvalue weighted by atomic mass is 16.5. The maximum Gasteiger partial charge on any atom is 0.356 e. The van der Waals surface area contributed by atoms with Crippen molar-refractivity contribution >= 4 is 11.7 Å². The number of carbonyl (C=O) groups is 1. The standard InChI is InChI=1S/C20H24N2O5/c1-25-20(24)19-6-5-15(14-21-19)22-9-7-17(8-10-22)26-11-12-27-18-4-2-3-16(23)13-18/h2-6,13-14,17,23H,7-12H2,1H3. The van der Waals surface area contributed by atoms with Gasteiger partial charge in [-0.05, 0) is 37.1 Å². The Morgan fingerprint density at radius 3 is 2.70 bits per heavy atom. The number of carbonyl (C=O) groups excluding carboxylic acids is 1. The third kappa shape index (κ3) is 5.34. The van der Waals surface area contributed by atoms with Gasteiger partial charge in [0.15, 0.2) is 0 Å². The number of methoxy groups -OCH3 is 1. The van der Waals surface area contributed by atoms with E-state index in [9.17, 15) is 9.90 Å². The number of ether oxygens (including phenoxy) is 3. The van der Waals surface area contributed by atoms with Crippen LogP contribution in [0.3, 0.4) is 0 Å². The van der Waals surface area contributed by atoms with Crippen LogP contribution < -0.4 is 9.64 Å². The molecular weight excluding hydrogens is 348 g/mol. The first-order chi connectivity index (χ1) is 13.2. The number of anilines is 1. The van der Waals surface area contributed by atoms with Crippen LogP contribution >= 0.6 is 0 Å². The fraction of sp³-hybridized carbons (Fsp3) is 0.400. The first kappa shape index (κ1) is 19.0. The third-order valence-corrected chi connectivity index (χ3v) is 4.47. The van der Waals surface area contributed by atoms with Gasteiger partial charge in [-0.15, -0.1) is 0 Å². The molecule has 7 nitrogen and oxygen atoms in total. The highest BCUT2D eigenvalue weighted by Crippen LogP contribution is 2.21. The zero-order valence-electron chi connectivity index (χ0n) is 15.3. The average molecular weight is 372 g/mol. The van der Waals surface area contributed by atoms with E-state index in [0.29, 0.717) is 24.7 Å². The molecule has 2 aromatic rings. The molecule has 0 radical (unpaired) electrons. The van der Waals surface area contributed by atoms with Crippen molar-refractivity contribution < 1.29 is 24.1 Å². The van der Waals surface area contributed by atoms with Crippen molar-refractivity contribution in [1.82, 2.24) is 4.98 Å². The van der Waals surface area contributed by atoms with Crippen molar-refractivity contribution in [2.24, 2.45) is 0 Å². The first-order valence-electron chi connectivity index (χ1n) is 8.98.